The van der Waals surface area contributed by atoms with E-state index in [4.69, 9.17) is 18.9 Å². The van der Waals surface area contributed by atoms with Gasteiger partial charge in [0.25, 0.3) is 0 Å². The van der Waals surface area contributed by atoms with Crippen LogP contribution in [0.3, 0.4) is 0 Å². The number of esters is 1. The molecule has 1 saturated carbocycles. The number of hydrogen-bond acceptors (Lipinski definition) is 8. The fourth-order valence-corrected chi connectivity index (χ4v) is 7.01. The van der Waals surface area contributed by atoms with Gasteiger partial charge in [0.15, 0.2) is 5.75 Å². The lowest BCUT2D eigenvalue weighted by atomic mass is 9.79. The van der Waals surface area contributed by atoms with Crippen LogP contribution in [0.4, 0.5) is 20.2 Å². The van der Waals surface area contributed by atoms with Crippen molar-refractivity contribution in [3.05, 3.63) is 71.8 Å². The van der Waals surface area contributed by atoms with Crippen LogP contribution in [0.1, 0.15) is 61.4 Å². The molecule has 2 fully saturated rings. The molecule has 3 aromatic carbocycles. The van der Waals surface area contributed by atoms with Crippen LogP contribution >= 0.6 is 0 Å². The molecule has 1 N–H and O–H groups in total. The molecule has 2 amide bonds. The van der Waals surface area contributed by atoms with E-state index in [2.05, 4.69) is 11.4 Å². The van der Waals surface area contributed by atoms with Gasteiger partial charge in [-0.25, -0.2) is 4.79 Å². The number of anilines is 2. The van der Waals surface area contributed by atoms with E-state index in [0.717, 1.165) is 47.4 Å². The van der Waals surface area contributed by atoms with E-state index in [9.17, 15) is 23.2 Å². The zero-order chi connectivity index (χ0) is 34.5. The number of nitrogens with zero attached hydrogens (tertiary/aromatic N) is 2. The molecule has 3 heterocycles. The van der Waals surface area contributed by atoms with E-state index in [0.29, 0.717) is 36.6 Å². The number of fused-ring (bicyclic) bond motifs is 2. The number of hydrogen-bond donors (Lipinski definition) is 1. The highest BCUT2D eigenvalue weighted by Gasteiger charge is 2.51. The third-order valence-electron chi connectivity index (χ3n) is 9.46. The van der Waals surface area contributed by atoms with Crippen LogP contribution in [0.25, 0.3) is 11.1 Å². The van der Waals surface area contributed by atoms with Crippen molar-refractivity contribution < 1.29 is 42.1 Å². The van der Waals surface area contributed by atoms with Crippen LogP contribution in [0.5, 0.6) is 11.5 Å². The van der Waals surface area contributed by atoms with Crippen molar-refractivity contribution in [1.29, 1.82) is 0 Å². The largest absolute Gasteiger partial charge is 0.482 e. The summed E-state index contributed by atoms with van der Waals surface area (Å²) in [5.74, 6) is -3.16. The second kappa shape index (κ2) is 12.7. The Balaban J connectivity index is 1.18. The normalized spacial score (nSPS) is 22.3. The number of nitrogens with one attached hydrogen (secondary N) is 1. The van der Waals surface area contributed by atoms with Crippen molar-refractivity contribution in [3.8, 4) is 22.6 Å². The summed E-state index contributed by atoms with van der Waals surface area (Å²) in [4.78, 5) is 42.9. The van der Waals surface area contributed by atoms with Crippen LogP contribution in [-0.2, 0) is 19.1 Å². The van der Waals surface area contributed by atoms with Gasteiger partial charge in [0.1, 0.15) is 11.3 Å². The minimum atomic E-state index is -3.99. The molecule has 10 nitrogen and oxygen atoms in total. The number of benzene rings is 3. The molecule has 0 unspecified atom stereocenters. The molecule has 1 aliphatic carbocycles. The third-order valence-corrected chi connectivity index (χ3v) is 9.46. The number of rotatable bonds is 9. The van der Waals surface area contributed by atoms with Crippen LogP contribution in [0.15, 0.2) is 60.7 Å². The van der Waals surface area contributed by atoms with Gasteiger partial charge < -0.3 is 34.1 Å². The molecule has 0 bridgehead atoms. The second-order valence-electron chi connectivity index (χ2n) is 13.4. The van der Waals surface area contributed by atoms with Crippen molar-refractivity contribution in [2.75, 3.05) is 43.2 Å². The molecule has 3 aliphatic heterocycles. The summed E-state index contributed by atoms with van der Waals surface area (Å²) >= 11 is 0. The number of methoxy groups -OCH3 is 1. The molecule has 0 aromatic heterocycles. The van der Waals surface area contributed by atoms with Crippen LogP contribution < -0.4 is 24.6 Å². The van der Waals surface area contributed by atoms with E-state index in [1.165, 1.54) is 13.2 Å². The number of halogens is 2. The molecule has 49 heavy (non-hydrogen) atoms. The number of piperidine rings is 1. The summed E-state index contributed by atoms with van der Waals surface area (Å²) in [6.45, 7) is 4.89. The lowest BCUT2D eigenvalue weighted by molar-refractivity contribution is -0.192. The Morgan fingerprint density at radius 3 is 2.53 bits per heavy atom. The number of amides is 2. The predicted molar refractivity (Wildman–Crippen MR) is 177 cm³/mol. The molecule has 12 heteroatoms. The lowest BCUT2D eigenvalue weighted by Gasteiger charge is -2.37. The maximum Gasteiger partial charge on any atom is 0.482 e. The van der Waals surface area contributed by atoms with Crippen LogP contribution in [-0.4, -0.2) is 69.1 Å². The summed E-state index contributed by atoms with van der Waals surface area (Å²) in [6.07, 6.45) is -1.28. The fourth-order valence-electron chi connectivity index (χ4n) is 7.01. The quantitative estimate of drug-likeness (QED) is 0.222. The highest BCUT2D eigenvalue weighted by Crippen LogP contribution is 2.45. The number of cyclic esters (lactones) is 1. The van der Waals surface area contributed by atoms with Crippen molar-refractivity contribution in [2.45, 2.75) is 63.4 Å². The van der Waals surface area contributed by atoms with Crippen molar-refractivity contribution in [1.82, 2.24) is 5.32 Å². The molecular weight excluding hydrogens is 636 g/mol. The number of alkyl halides is 2. The molecule has 1 saturated heterocycles. The van der Waals surface area contributed by atoms with Gasteiger partial charge in [-0.15, -0.1) is 0 Å². The average Bonchev–Trinajstić information content (AvgIpc) is 3.91. The predicted octanol–water partition coefficient (Wildman–Crippen LogP) is 5.88. The number of carbonyl (C=O) groups excluding carboxylic acids is 3. The zero-order valence-electron chi connectivity index (χ0n) is 27.7. The Labute approximate surface area is 283 Å². The maximum atomic E-state index is 14.6. The highest BCUT2D eigenvalue weighted by molar-refractivity contribution is 6.03. The Hall–Kier alpha value is -4.55. The van der Waals surface area contributed by atoms with E-state index >= 15 is 0 Å². The molecule has 0 radical (unpaired) electrons. The van der Waals surface area contributed by atoms with E-state index in [-0.39, 0.29) is 35.8 Å². The molecule has 3 aromatic rings. The van der Waals surface area contributed by atoms with E-state index < -0.39 is 29.7 Å². The average molecular weight is 676 g/mol. The topological polar surface area (TPSA) is 107 Å². The van der Waals surface area contributed by atoms with Gasteiger partial charge >= 0.3 is 18.0 Å². The summed E-state index contributed by atoms with van der Waals surface area (Å²) in [5.41, 5.74) is 3.82. The molecule has 2 atom stereocenters. The Morgan fingerprint density at radius 2 is 1.76 bits per heavy atom. The van der Waals surface area contributed by atoms with Gasteiger partial charge in [-0.2, -0.15) is 8.78 Å². The van der Waals surface area contributed by atoms with Gasteiger partial charge in [0.05, 0.1) is 11.6 Å². The molecule has 4 aliphatic rings. The number of carbonyl (C=O) groups is 3. The third kappa shape index (κ3) is 6.47. The van der Waals surface area contributed by atoms with Crippen LogP contribution in [0, 0.1) is 5.92 Å². The first-order chi connectivity index (χ1) is 23.5. The molecule has 0 spiro atoms. The van der Waals surface area contributed by atoms with Crippen molar-refractivity contribution in [3.63, 3.8) is 0 Å². The molecular formula is C37H39F2N3O7. The highest BCUT2D eigenvalue weighted by atomic mass is 19.3. The first-order valence-corrected chi connectivity index (χ1v) is 16.7. The maximum absolute atomic E-state index is 14.6. The van der Waals surface area contributed by atoms with E-state index in [1.54, 1.807) is 43.0 Å². The fraction of sp³-hybridized carbons (Fsp3) is 0.432. The Bertz CT molecular complexity index is 1790. The summed E-state index contributed by atoms with van der Waals surface area (Å²) < 4.78 is 50.2. The summed E-state index contributed by atoms with van der Waals surface area (Å²) in [6, 6.07) is 18.1. The number of ether oxygens (including phenoxy) is 4. The van der Waals surface area contributed by atoms with Gasteiger partial charge in [-0.05, 0) is 85.2 Å². The van der Waals surface area contributed by atoms with E-state index in [1.807, 2.05) is 24.3 Å². The Kier molecular flexibility index (Phi) is 8.56. The Morgan fingerprint density at radius 1 is 0.980 bits per heavy atom. The van der Waals surface area contributed by atoms with Crippen molar-refractivity contribution in [2.24, 2.45) is 5.92 Å². The zero-order valence-corrected chi connectivity index (χ0v) is 27.7. The minimum Gasteiger partial charge on any atom is -0.452 e. The van der Waals surface area contributed by atoms with Crippen LogP contribution in [0.2, 0.25) is 0 Å². The summed E-state index contributed by atoms with van der Waals surface area (Å²) in [7, 11) is 1.51. The molecule has 7 rings (SSSR count). The van der Waals surface area contributed by atoms with Crippen molar-refractivity contribution >= 4 is 29.2 Å². The lowest BCUT2D eigenvalue weighted by Crippen LogP contribution is -2.51. The smallest absolute Gasteiger partial charge is 0.452 e. The standard InChI is InChI=1S/C37H39F2N3O7/c1-36(2)47-31-12-8-23(19-28(31)34(44)49-36)22-6-4-7-24(18-22)27-14-15-40-21-29(27)33(43)42(25-9-10-25)26-11-13-32-30(20-26)41(16-5-17-46-3)35(45)37(38,39)48-32/h4,6-8,11-13,18-20,25,27,29,40H,5,9-10,14-17,21H2,1-3H3/t27-,29+/m1/s1. The van der Waals surface area contributed by atoms with Gasteiger partial charge in [0.2, 0.25) is 11.7 Å². The van der Waals surface area contributed by atoms with Gasteiger partial charge in [-0.1, -0.05) is 30.3 Å². The van der Waals surface area contributed by atoms with Gasteiger partial charge in [-0.3, -0.25) is 9.59 Å². The molecule has 258 valence electrons. The first-order valence-electron chi connectivity index (χ1n) is 16.7. The second-order valence-corrected chi connectivity index (χ2v) is 13.4. The van der Waals surface area contributed by atoms with Gasteiger partial charge in [0, 0.05) is 52.4 Å². The summed E-state index contributed by atoms with van der Waals surface area (Å²) in [5, 5.41) is 3.39. The minimum absolute atomic E-state index is 0.0147. The first kappa shape index (κ1) is 33.0. The monoisotopic (exact) mass is 675 g/mol. The SMILES string of the molecule is COCCCN1C(=O)C(F)(F)Oc2ccc(N(C(=O)[C@H]3CNCC[C@@H]3c3cccc(-c4ccc5c(c4)C(=O)OC(C)(C)O5)c3)C3CC3)cc21.